The van der Waals surface area contributed by atoms with Crippen molar-refractivity contribution in [3.63, 3.8) is 0 Å². The van der Waals surface area contributed by atoms with Crippen molar-refractivity contribution >= 4 is 17.6 Å². The molecule has 0 aliphatic carbocycles. The Morgan fingerprint density at radius 3 is 2.52 bits per heavy atom. The molecule has 0 atom stereocenters. The Balaban J connectivity index is 1.97. The van der Waals surface area contributed by atoms with Gasteiger partial charge in [-0.3, -0.25) is 0 Å². The fourth-order valence-electron chi connectivity index (χ4n) is 1.90. The normalized spacial score (nSPS) is 10.3. The van der Waals surface area contributed by atoms with Crippen molar-refractivity contribution in [1.82, 2.24) is 0 Å². The molecular formula is C17H17ClO3. The van der Waals surface area contributed by atoms with Gasteiger partial charge < -0.3 is 9.47 Å². The minimum absolute atomic E-state index is 0.143. The molecule has 0 aromatic heterocycles. The van der Waals surface area contributed by atoms with Gasteiger partial charge in [-0.05, 0) is 61.7 Å². The summed E-state index contributed by atoms with van der Waals surface area (Å²) >= 11 is 5.87. The quantitative estimate of drug-likeness (QED) is 0.626. The van der Waals surface area contributed by atoms with E-state index in [4.69, 9.17) is 21.1 Å². The molecule has 2 aromatic carbocycles. The van der Waals surface area contributed by atoms with E-state index < -0.39 is 5.97 Å². The average Bonchev–Trinajstić information content (AvgIpc) is 2.43. The van der Waals surface area contributed by atoms with Crippen LogP contribution in [-0.2, 0) is 4.79 Å². The Labute approximate surface area is 129 Å². The lowest BCUT2D eigenvalue weighted by atomic mass is 10.1. The van der Waals surface area contributed by atoms with Crippen LogP contribution in [0.5, 0.6) is 11.5 Å². The van der Waals surface area contributed by atoms with Crippen molar-refractivity contribution in [3.05, 3.63) is 58.1 Å². The molecule has 0 radical (unpaired) electrons. The summed E-state index contributed by atoms with van der Waals surface area (Å²) in [6, 6.07) is 10.8. The molecule has 0 aliphatic rings. The van der Waals surface area contributed by atoms with Crippen LogP contribution in [0.3, 0.4) is 0 Å². The monoisotopic (exact) mass is 304 g/mol. The van der Waals surface area contributed by atoms with Gasteiger partial charge in [-0.15, -0.1) is 0 Å². The van der Waals surface area contributed by atoms with Crippen LogP contribution in [0.1, 0.15) is 16.7 Å². The van der Waals surface area contributed by atoms with Crippen LogP contribution in [0.4, 0.5) is 0 Å². The van der Waals surface area contributed by atoms with Gasteiger partial charge in [0.2, 0.25) is 0 Å². The Morgan fingerprint density at radius 2 is 1.81 bits per heavy atom. The lowest BCUT2D eigenvalue weighted by Gasteiger charge is -2.11. The van der Waals surface area contributed by atoms with Crippen LogP contribution >= 0.6 is 11.6 Å². The van der Waals surface area contributed by atoms with Gasteiger partial charge in [0, 0.05) is 5.02 Å². The zero-order valence-electron chi connectivity index (χ0n) is 12.3. The van der Waals surface area contributed by atoms with Gasteiger partial charge in [-0.25, -0.2) is 4.79 Å². The van der Waals surface area contributed by atoms with Crippen molar-refractivity contribution in [2.75, 3.05) is 6.61 Å². The van der Waals surface area contributed by atoms with Crippen molar-refractivity contribution < 1.29 is 14.3 Å². The molecule has 2 rings (SSSR count). The summed E-state index contributed by atoms with van der Waals surface area (Å²) in [6.07, 6.45) is 0. The topological polar surface area (TPSA) is 35.5 Å². The molecule has 4 heteroatoms. The minimum Gasteiger partial charge on any atom is -0.482 e. The molecule has 0 saturated carbocycles. The number of carbonyl (C=O) groups excluding carboxylic acids is 1. The number of aryl methyl sites for hydroxylation is 2. The van der Waals surface area contributed by atoms with Crippen molar-refractivity contribution in [1.29, 1.82) is 0 Å². The third-order valence-corrected chi connectivity index (χ3v) is 3.50. The first-order chi connectivity index (χ1) is 9.97. The van der Waals surface area contributed by atoms with Crippen LogP contribution in [0.25, 0.3) is 0 Å². The van der Waals surface area contributed by atoms with Crippen molar-refractivity contribution in [3.8, 4) is 11.5 Å². The van der Waals surface area contributed by atoms with E-state index in [0.29, 0.717) is 16.5 Å². The molecule has 110 valence electrons. The minimum atomic E-state index is -0.432. The molecule has 21 heavy (non-hydrogen) atoms. The van der Waals surface area contributed by atoms with Gasteiger partial charge in [-0.1, -0.05) is 23.7 Å². The highest BCUT2D eigenvalue weighted by Gasteiger charge is 2.10. The average molecular weight is 305 g/mol. The Bertz CT molecular complexity index is 665. The number of hydrogen-bond donors (Lipinski definition) is 0. The first-order valence-electron chi connectivity index (χ1n) is 6.63. The Kier molecular flexibility index (Phi) is 4.86. The molecule has 0 amide bonds. The van der Waals surface area contributed by atoms with Crippen LogP contribution in [0, 0.1) is 20.8 Å². The largest absolute Gasteiger partial charge is 0.482 e. The lowest BCUT2D eigenvalue weighted by Crippen LogP contribution is -2.18. The number of rotatable bonds is 4. The first-order valence-corrected chi connectivity index (χ1v) is 7.01. The fourth-order valence-corrected chi connectivity index (χ4v) is 2.12. The second-order valence-electron chi connectivity index (χ2n) is 4.87. The van der Waals surface area contributed by atoms with E-state index in [9.17, 15) is 4.79 Å². The van der Waals surface area contributed by atoms with E-state index in [0.717, 1.165) is 16.7 Å². The lowest BCUT2D eigenvalue weighted by molar-refractivity contribution is -0.136. The Morgan fingerprint density at radius 1 is 1.05 bits per heavy atom. The zero-order chi connectivity index (χ0) is 15.4. The van der Waals surface area contributed by atoms with E-state index in [1.165, 1.54) is 0 Å². The molecule has 0 spiro atoms. The second-order valence-corrected chi connectivity index (χ2v) is 5.31. The molecular weight excluding hydrogens is 288 g/mol. The number of ether oxygens (including phenoxy) is 2. The molecule has 0 heterocycles. The van der Waals surface area contributed by atoms with E-state index in [1.54, 1.807) is 24.3 Å². The highest BCUT2D eigenvalue weighted by molar-refractivity contribution is 6.30. The first kappa shape index (κ1) is 15.4. The van der Waals surface area contributed by atoms with Crippen molar-refractivity contribution in [2.45, 2.75) is 20.8 Å². The molecule has 0 N–H and O–H groups in total. The van der Waals surface area contributed by atoms with E-state index in [2.05, 4.69) is 0 Å². The van der Waals surface area contributed by atoms with E-state index >= 15 is 0 Å². The SMILES string of the molecule is Cc1cc(Cl)ccc1OCC(=O)Oc1cccc(C)c1C. The maximum Gasteiger partial charge on any atom is 0.349 e. The summed E-state index contributed by atoms with van der Waals surface area (Å²) in [7, 11) is 0. The summed E-state index contributed by atoms with van der Waals surface area (Å²) in [5, 5.41) is 0.637. The smallest absolute Gasteiger partial charge is 0.349 e. The van der Waals surface area contributed by atoms with Gasteiger partial charge in [0.05, 0.1) is 0 Å². The summed E-state index contributed by atoms with van der Waals surface area (Å²) in [5.41, 5.74) is 2.91. The van der Waals surface area contributed by atoms with Gasteiger partial charge >= 0.3 is 5.97 Å². The van der Waals surface area contributed by atoms with Crippen LogP contribution < -0.4 is 9.47 Å². The number of benzene rings is 2. The molecule has 0 bridgehead atoms. The molecule has 0 saturated heterocycles. The van der Waals surface area contributed by atoms with Crippen LogP contribution in [0.15, 0.2) is 36.4 Å². The van der Waals surface area contributed by atoms with Crippen LogP contribution in [-0.4, -0.2) is 12.6 Å². The number of esters is 1. The second kappa shape index (κ2) is 6.64. The number of hydrogen-bond acceptors (Lipinski definition) is 3. The predicted octanol–water partition coefficient (Wildman–Crippen LogP) is 4.25. The number of halogens is 1. The standard InChI is InChI=1S/C17H17ClO3/c1-11-5-4-6-16(13(11)3)21-17(19)10-20-15-8-7-14(18)9-12(15)2/h4-9H,10H2,1-3H3. The molecule has 3 nitrogen and oxygen atoms in total. The number of carbonyl (C=O) groups is 1. The Hall–Kier alpha value is -2.00. The molecule has 2 aromatic rings. The molecule has 0 unspecified atom stereocenters. The van der Waals surface area contributed by atoms with E-state index in [1.807, 2.05) is 32.9 Å². The summed E-state index contributed by atoms with van der Waals surface area (Å²) in [4.78, 5) is 11.9. The third kappa shape index (κ3) is 3.99. The van der Waals surface area contributed by atoms with Gasteiger partial charge in [0.15, 0.2) is 6.61 Å². The van der Waals surface area contributed by atoms with Crippen LogP contribution in [0.2, 0.25) is 5.02 Å². The zero-order valence-corrected chi connectivity index (χ0v) is 13.0. The molecule has 0 aliphatic heterocycles. The highest BCUT2D eigenvalue weighted by atomic mass is 35.5. The maximum atomic E-state index is 11.9. The molecule has 0 fully saturated rings. The fraction of sp³-hybridized carbons (Fsp3) is 0.235. The van der Waals surface area contributed by atoms with Crippen molar-refractivity contribution in [2.24, 2.45) is 0 Å². The predicted molar refractivity (Wildman–Crippen MR) is 83.2 cm³/mol. The summed E-state index contributed by atoms with van der Waals surface area (Å²) < 4.78 is 10.8. The summed E-state index contributed by atoms with van der Waals surface area (Å²) in [6.45, 7) is 5.62. The van der Waals surface area contributed by atoms with Gasteiger partial charge in [0.1, 0.15) is 11.5 Å². The maximum absolute atomic E-state index is 11.9. The highest BCUT2D eigenvalue weighted by Crippen LogP contribution is 2.23. The van der Waals surface area contributed by atoms with E-state index in [-0.39, 0.29) is 6.61 Å². The summed E-state index contributed by atoms with van der Waals surface area (Å²) in [5.74, 6) is 0.756. The van der Waals surface area contributed by atoms with Gasteiger partial charge in [-0.2, -0.15) is 0 Å². The third-order valence-electron chi connectivity index (χ3n) is 3.26. The van der Waals surface area contributed by atoms with Gasteiger partial charge in [0.25, 0.3) is 0 Å².